The predicted octanol–water partition coefficient (Wildman–Crippen LogP) is 2.79. The first-order valence-corrected chi connectivity index (χ1v) is 9.96. The lowest BCUT2D eigenvalue weighted by atomic mass is 10.1. The van der Waals surface area contributed by atoms with E-state index in [4.69, 9.17) is 4.98 Å². The Labute approximate surface area is 163 Å². The van der Waals surface area contributed by atoms with Crippen molar-refractivity contribution in [2.24, 2.45) is 13.0 Å². The molecule has 4 rings (SSSR count). The highest BCUT2D eigenvalue weighted by Crippen LogP contribution is 2.33. The van der Waals surface area contributed by atoms with Gasteiger partial charge in [-0.3, -0.25) is 13.9 Å². The van der Waals surface area contributed by atoms with E-state index in [0.717, 1.165) is 37.6 Å². The number of rotatable bonds is 4. The highest BCUT2D eigenvalue weighted by molar-refractivity contribution is 5.77. The Morgan fingerprint density at radius 1 is 1.21 bits per heavy atom. The summed E-state index contributed by atoms with van der Waals surface area (Å²) in [6.45, 7) is 8.27. The van der Waals surface area contributed by atoms with E-state index in [2.05, 4.69) is 43.9 Å². The number of fused-ring (bicyclic) bond motifs is 3. The molecule has 7 nitrogen and oxygen atoms in total. The van der Waals surface area contributed by atoms with Gasteiger partial charge in [-0.1, -0.05) is 32.4 Å². The molecule has 7 heteroatoms. The third kappa shape index (κ3) is 2.85. The third-order valence-electron chi connectivity index (χ3n) is 5.49. The van der Waals surface area contributed by atoms with Crippen LogP contribution in [0, 0.1) is 12.8 Å². The van der Waals surface area contributed by atoms with Crippen molar-refractivity contribution < 1.29 is 0 Å². The zero-order valence-electron chi connectivity index (χ0n) is 17.0. The monoisotopic (exact) mass is 381 g/mol. The summed E-state index contributed by atoms with van der Waals surface area (Å²) in [5, 5.41) is 0. The van der Waals surface area contributed by atoms with E-state index in [9.17, 15) is 9.59 Å². The minimum absolute atomic E-state index is 0.233. The lowest BCUT2D eigenvalue weighted by Gasteiger charge is -2.33. The van der Waals surface area contributed by atoms with Crippen LogP contribution < -0.4 is 16.1 Å². The topological polar surface area (TPSA) is 65.1 Å². The van der Waals surface area contributed by atoms with Crippen molar-refractivity contribution in [1.29, 1.82) is 0 Å². The Kier molecular flexibility index (Phi) is 4.61. The summed E-state index contributed by atoms with van der Waals surface area (Å²) in [6, 6.07) is 8.29. The molecule has 3 aromatic rings. The molecule has 28 heavy (non-hydrogen) atoms. The number of hydrogen-bond donors (Lipinski definition) is 0. The van der Waals surface area contributed by atoms with Crippen molar-refractivity contribution in [3.8, 4) is 0 Å². The average molecular weight is 381 g/mol. The molecular weight excluding hydrogens is 354 g/mol. The molecule has 1 aliphatic heterocycles. The first-order valence-electron chi connectivity index (χ1n) is 9.96. The molecule has 0 saturated heterocycles. The maximum atomic E-state index is 13.2. The van der Waals surface area contributed by atoms with Crippen LogP contribution in [0.5, 0.6) is 0 Å². The molecule has 0 unspecified atom stereocenters. The number of anilines is 2. The van der Waals surface area contributed by atoms with Gasteiger partial charge in [-0.05, 0) is 37.0 Å². The molecule has 2 aromatic heterocycles. The molecule has 1 aliphatic rings. The van der Waals surface area contributed by atoms with Gasteiger partial charge in [-0.25, -0.2) is 4.79 Å². The second kappa shape index (κ2) is 6.96. The van der Waals surface area contributed by atoms with Gasteiger partial charge in [0.15, 0.2) is 11.2 Å². The van der Waals surface area contributed by atoms with Crippen LogP contribution in [0.4, 0.5) is 11.6 Å². The van der Waals surface area contributed by atoms with Crippen molar-refractivity contribution in [3.63, 3.8) is 0 Å². The summed E-state index contributed by atoms with van der Waals surface area (Å²) >= 11 is 0. The second-order valence-electron chi connectivity index (χ2n) is 7.90. The normalized spacial score (nSPS) is 16.6. The summed E-state index contributed by atoms with van der Waals surface area (Å²) < 4.78 is 4.87. The van der Waals surface area contributed by atoms with Crippen LogP contribution in [0.1, 0.15) is 32.3 Å². The van der Waals surface area contributed by atoms with Crippen LogP contribution in [-0.2, 0) is 20.1 Å². The predicted molar refractivity (Wildman–Crippen MR) is 111 cm³/mol. The van der Waals surface area contributed by atoms with Crippen molar-refractivity contribution in [2.45, 2.75) is 46.7 Å². The maximum absolute atomic E-state index is 13.2. The summed E-state index contributed by atoms with van der Waals surface area (Å²) in [4.78, 5) is 32.9. The molecule has 1 atom stereocenters. The van der Waals surface area contributed by atoms with E-state index in [-0.39, 0.29) is 11.2 Å². The fourth-order valence-electron chi connectivity index (χ4n) is 4.03. The minimum atomic E-state index is -0.295. The minimum Gasteiger partial charge on any atom is -0.312 e. The Hall–Kier alpha value is -2.83. The van der Waals surface area contributed by atoms with E-state index >= 15 is 0 Å². The fourth-order valence-corrected chi connectivity index (χ4v) is 4.03. The van der Waals surface area contributed by atoms with Crippen molar-refractivity contribution >= 4 is 22.8 Å². The molecule has 0 radical (unpaired) electrons. The number of benzene rings is 1. The van der Waals surface area contributed by atoms with Gasteiger partial charge in [0.25, 0.3) is 5.56 Å². The first-order chi connectivity index (χ1) is 13.4. The zero-order valence-corrected chi connectivity index (χ0v) is 17.0. The second-order valence-corrected chi connectivity index (χ2v) is 7.90. The Morgan fingerprint density at radius 3 is 2.71 bits per heavy atom. The summed E-state index contributed by atoms with van der Waals surface area (Å²) in [5.74, 6) is 1.09. The Bertz CT molecular complexity index is 1150. The standard InChI is InChI=1S/C21H27N5O2/c1-5-6-10-24-19(27)17-18(23(4)21(24)28)22-20-25(12-15(3)13-26(17)20)16-9-7-8-14(2)11-16/h7-9,11,15H,5-6,10,12-13H2,1-4H3/t15-/m1/s1. The van der Waals surface area contributed by atoms with E-state index in [1.165, 1.54) is 14.7 Å². The van der Waals surface area contributed by atoms with Gasteiger partial charge in [-0.15, -0.1) is 0 Å². The fraction of sp³-hybridized carbons (Fsp3) is 0.476. The molecule has 3 heterocycles. The molecule has 0 spiro atoms. The maximum Gasteiger partial charge on any atom is 0.332 e. The average Bonchev–Trinajstić information content (AvgIpc) is 3.05. The molecule has 0 aliphatic carbocycles. The van der Waals surface area contributed by atoms with E-state index in [1.807, 2.05) is 10.6 Å². The van der Waals surface area contributed by atoms with Crippen LogP contribution in [0.2, 0.25) is 0 Å². The molecule has 0 amide bonds. The zero-order chi connectivity index (χ0) is 20.0. The van der Waals surface area contributed by atoms with Gasteiger partial charge in [0.05, 0.1) is 0 Å². The summed E-state index contributed by atoms with van der Waals surface area (Å²) in [7, 11) is 1.70. The molecule has 0 bridgehead atoms. The van der Waals surface area contributed by atoms with Crippen LogP contribution in [0.3, 0.4) is 0 Å². The van der Waals surface area contributed by atoms with Crippen LogP contribution in [0.15, 0.2) is 33.9 Å². The molecular formula is C21H27N5O2. The Morgan fingerprint density at radius 2 is 2.00 bits per heavy atom. The lowest BCUT2D eigenvalue weighted by molar-refractivity contribution is 0.457. The van der Waals surface area contributed by atoms with Crippen molar-refractivity contribution in [3.05, 3.63) is 50.7 Å². The van der Waals surface area contributed by atoms with Gasteiger partial charge in [0, 0.05) is 32.4 Å². The van der Waals surface area contributed by atoms with Crippen LogP contribution in [-0.4, -0.2) is 25.2 Å². The van der Waals surface area contributed by atoms with E-state index in [0.29, 0.717) is 23.6 Å². The van der Waals surface area contributed by atoms with E-state index in [1.54, 1.807) is 7.05 Å². The number of aromatic nitrogens is 4. The molecule has 0 saturated carbocycles. The van der Waals surface area contributed by atoms with Gasteiger partial charge in [-0.2, -0.15) is 4.98 Å². The molecule has 0 N–H and O–H groups in total. The summed E-state index contributed by atoms with van der Waals surface area (Å²) in [6.07, 6.45) is 1.73. The van der Waals surface area contributed by atoms with Gasteiger partial charge in [0.2, 0.25) is 5.95 Å². The molecule has 148 valence electrons. The van der Waals surface area contributed by atoms with E-state index < -0.39 is 0 Å². The largest absolute Gasteiger partial charge is 0.332 e. The number of nitrogens with zero attached hydrogens (tertiary/aromatic N) is 5. The Balaban J connectivity index is 1.98. The molecule has 0 fully saturated rings. The number of hydrogen-bond acceptors (Lipinski definition) is 4. The van der Waals surface area contributed by atoms with Gasteiger partial charge < -0.3 is 9.47 Å². The lowest BCUT2D eigenvalue weighted by Crippen LogP contribution is -2.40. The van der Waals surface area contributed by atoms with Crippen LogP contribution in [0.25, 0.3) is 11.2 Å². The number of aryl methyl sites for hydroxylation is 2. The smallest absolute Gasteiger partial charge is 0.312 e. The third-order valence-corrected chi connectivity index (χ3v) is 5.49. The first kappa shape index (κ1) is 18.5. The van der Waals surface area contributed by atoms with Gasteiger partial charge in [0.1, 0.15) is 0 Å². The SMILES string of the molecule is CCCCn1c(=O)c2c(nc3n2C[C@H](C)CN3c2cccc(C)c2)n(C)c1=O. The van der Waals surface area contributed by atoms with Crippen molar-refractivity contribution in [2.75, 3.05) is 11.4 Å². The van der Waals surface area contributed by atoms with Crippen LogP contribution >= 0.6 is 0 Å². The summed E-state index contributed by atoms with van der Waals surface area (Å²) in [5.41, 5.74) is 2.69. The highest BCUT2D eigenvalue weighted by Gasteiger charge is 2.29. The molecule has 1 aromatic carbocycles. The number of unbranched alkanes of at least 4 members (excludes halogenated alkanes) is 1. The van der Waals surface area contributed by atoms with Gasteiger partial charge >= 0.3 is 5.69 Å². The number of imidazole rings is 1. The van der Waals surface area contributed by atoms with Crippen molar-refractivity contribution in [1.82, 2.24) is 18.7 Å². The highest BCUT2D eigenvalue weighted by atomic mass is 16.2. The quantitative estimate of drug-likeness (QED) is 0.697.